The van der Waals surface area contributed by atoms with Crippen molar-refractivity contribution in [2.45, 2.75) is 79.4 Å². The van der Waals surface area contributed by atoms with Gasteiger partial charge < -0.3 is 9.47 Å². The van der Waals surface area contributed by atoms with Crippen molar-refractivity contribution in [3.63, 3.8) is 0 Å². The van der Waals surface area contributed by atoms with Crippen LogP contribution >= 0.6 is 0 Å². The second kappa shape index (κ2) is 12.0. The topological polar surface area (TPSA) is 18.5 Å². The average molecular weight is 258 g/mol. The lowest BCUT2D eigenvalue weighted by Crippen LogP contribution is -2.20. The summed E-state index contributed by atoms with van der Waals surface area (Å²) in [5, 5.41) is 0. The van der Waals surface area contributed by atoms with Crippen molar-refractivity contribution in [1.82, 2.24) is 0 Å². The van der Waals surface area contributed by atoms with E-state index < -0.39 is 0 Å². The summed E-state index contributed by atoms with van der Waals surface area (Å²) >= 11 is 0. The molecule has 18 heavy (non-hydrogen) atoms. The van der Waals surface area contributed by atoms with Gasteiger partial charge in [-0.15, -0.1) is 0 Å². The van der Waals surface area contributed by atoms with E-state index in [0.29, 0.717) is 11.8 Å². The van der Waals surface area contributed by atoms with Crippen LogP contribution in [0.15, 0.2) is 0 Å². The highest BCUT2D eigenvalue weighted by atomic mass is 16.7. The maximum Gasteiger partial charge on any atom is 0.157 e. The molecular formula is C16H34O2. The lowest BCUT2D eigenvalue weighted by molar-refractivity contribution is -0.150. The van der Waals surface area contributed by atoms with Gasteiger partial charge in [-0.05, 0) is 37.5 Å². The molecule has 0 aromatic carbocycles. The fourth-order valence-corrected chi connectivity index (χ4v) is 1.65. The van der Waals surface area contributed by atoms with Crippen molar-refractivity contribution in [3.8, 4) is 0 Å². The van der Waals surface area contributed by atoms with Crippen molar-refractivity contribution >= 4 is 0 Å². The quantitative estimate of drug-likeness (QED) is 0.361. The Labute approximate surface area is 114 Å². The molecule has 0 radical (unpaired) electrons. The van der Waals surface area contributed by atoms with Gasteiger partial charge in [0.25, 0.3) is 0 Å². The van der Waals surface area contributed by atoms with Crippen molar-refractivity contribution in [3.05, 3.63) is 0 Å². The molecule has 0 aliphatic heterocycles. The van der Waals surface area contributed by atoms with Crippen LogP contribution in [0.25, 0.3) is 0 Å². The molecule has 0 bridgehead atoms. The zero-order chi connectivity index (χ0) is 13.8. The number of ether oxygens (including phenoxy) is 2. The summed E-state index contributed by atoms with van der Waals surface area (Å²) in [6, 6.07) is 0. The molecular weight excluding hydrogens is 224 g/mol. The van der Waals surface area contributed by atoms with Gasteiger partial charge >= 0.3 is 0 Å². The molecule has 2 heteroatoms. The van der Waals surface area contributed by atoms with Crippen LogP contribution in [0.4, 0.5) is 0 Å². The van der Waals surface area contributed by atoms with Gasteiger partial charge in [0.1, 0.15) is 0 Å². The zero-order valence-electron chi connectivity index (χ0n) is 13.2. The van der Waals surface area contributed by atoms with Gasteiger partial charge in [-0.2, -0.15) is 0 Å². The number of rotatable bonds is 12. The van der Waals surface area contributed by atoms with E-state index in [0.717, 1.165) is 32.5 Å². The Hall–Kier alpha value is -0.0800. The molecule has 0 aliphatic carbocycles. The van der Waals surface area contributed by atoms with Crippen LogP contribution in [0.5, 0.6) is 0 Å². The van der Waals surface area contributed by atoms with Crippen LogP contribution in [0.3, 0.4) is 0 Å². The van der Waals surface area contributed by atoms with Crippen molar-refractivity contribution in [1.29, 1.82) is 0 Å². The Kier molecular flexibility index (Phi) is 11.9. The first kappa shape index (κ1) is 17.9. The van der Waals surface area contributed by atoms with Gasteiger partial charge in [0, 0.05) is 13.2 Å². The summed E-state index contributed by atoms with van der Waals surface area (Å²) in [5.41, 5.74) is 0. The van der Waals surface area contributed by atoms with E-state index in [1.165, 1.54) is 19.3 Å². The highest BCUT2D eigenvalue weighted by Crippen LogP contribution is 2.12. The Morgan fingerprint density at radius 1 is 0.722 bits per heavy atom. The third kappa shape index (κ3) is 12.4. The van der Waals surface area contributed by atoms with Crippen LogP contribution in [0, 0.1) is 11.8 Å². The molecule has 0 amide bonds. The molecule has 0 heterocycles. The predicted octanol–water partition coefficient (Wildman–Crippen LogP) is 5.02. The van der Waals surface area contributed by atoms with Crippen molar-refractivity contribution < 1.29 is 9.47 Å². The molecule has 0 fully saturated rings. The largest absolute Gasteiger partial charge is 0.353 e. The van der Waals surface area contributed by atoms with E-state index >= 15 is 0 Å². The van der Waals surface area contributed by atoms with E-state index in [4.69, 9.17) is 9.47 Å². The maximum absolute atomic E-state index is 5.86. The van der Waals surface area contributed by atoms with Gasteiger partial charge in [-0.25, -0.2) is 0 Å². The maximum atomic E-state index is 5.86. The van der Waals surface area contributed by atoms with E-state index in [2.05, 4.69) is 34.6 Å². The number of unbranched alkanes of at least 4 members (excludes halogenated alkanes) is 2. The third-order valence-electron chi connectivity index (χ3n) is 3.04. The van der Waals surface area contributed by atoms with Gasteiger partial charge in [0.2, 0.25) is 0 Å². The number of hydrogen-bond donors (Lipinski definition) is 0. The molecule has 0 aromatic rings. The van der Waals surface area contributed by atoms with E-state index in [9.17, 15) is 0 Å². The van der Waals surface area contributed by atoms with Gasteiger partial charge in [-0.3, -0.25) is 0 Å². The molecule has 0 aromatic heterocycles. The van der Waals surface area contributed by atoms with Crippen molar-refractivity contribution in [2.75, 3.05) is 13.2 Å². The predicted molar refractivity (Wildman–Crippen MR) is 78.7 cm³/mol. The van der Waals surface area contributed by atoms with Gasteiger partial charge in [0.15, 0.2) is 6.29 Å². The smallest absolute Gasteiger partial charge is 0.157 e. The number of hydrogen-bond acceptors (Lipinski definition) is 2. The molecule has 0 atom stereocenters. The minimum absolute atomic E-state index is 0.0223. The molecule has 0 saturated heterocycles. The summed E-state index contributed by atoms with van der Waals surface area (Å²) in [4.78, 5) is 0. The summed E-state index contributed by atoms with van der Waals surface area (Å²) in [7, 11) is 0. The molecule has 0 N–H and O–H groups in total. The first-order valence-electron chi connectivity index (χ1n) is 7.79. The Morgan fingerprint density at radius 2 is 1.22 bits per heavy atom. The highest BCUT2D eigenvalue weighted by molar-refractivity contribution is 4.51. The van der Waals surface area contributed by atoms with Crippen LogP contribution in [0.2, 0.25) is 0 Å². The van der Waals surface area contributed by atoms with Crippen LogP contribution in [-0.4, -0.2) is 19.5 Å². The second-order valence-electron chi connectivity index (χ2n) is 6.03. The van der Waals surface area contributed by atoms with Crippen LogP contribution < -0.4 is 0 Å². The lowest BCUT2D eigenvalue weighted by atomic mass is 10.1. The second-order valence-corrected chi connectivity index (χ2v) is 6.03. The van der Waals surface area contributed by atoms with Crippen LogP contribution in [-0.2, 0) is 9.47 Å². The van der Waals surface area contributed by atoms with Crippen molar-refractivity contribution in [2.24, 2.45) is 11.8 Å². The lowest BCUT2D eigenvalue weighted by Gasteiger charge is -2.19. The molecule has 0 saturated carbocycles. The fraction of sp³-hybridized carbons (Fsp3) is 1.00. The standard InChI is InChI=1S/C16H34O2/c1-6-7-8-9-16(17-12-10-14(2)3)18-13-11-15(4)5/h14-16H,6-13H2,1-5H3. The highest BCUT2D eigenvalue weighted by Gasteiger charge is 2.10. The third-order valence-corrected chi connectivity index (χ3v) is 3.04. The first-order valence-corrected chi connectivity index (χ1v) is 7.79. The van der Waals surface area contributed by atoms with Gasteiger partial charge in [-0.1, -0.05) is 47.5 Å². The normalized spacial score (nSPS) is 12.0. The van der Waals surface area contributed by atoms with Gasteiger partial charge in [0.05, 0.1) is 0 Å². The fourth-order valence-electron chi connectivity index (χ4n) is 1.65. The Bertz CT molecular complexity index is 152. The van der Waals surface area contributed by atoms with E-state index in [-0.39, 0.29) is 6.29 Å². The molecule has 0 spiro atoms. The average Bonchev–Trinajstić information content (AvgIpc) is 2.27. The summed E-state index contributed by atoms with van der Waals surface area (Å²) < 4.78 is 11.7. The van der Waals surface area contributed by atoms with Crippen LogP contribution in [0.1, 0.15) is 73.1 Å². The van der Waals surface area contributed by atoms with E-state index in [1.807, 2.05) is 0 Å². The Morgan fingerprint density at radius 3 is 1.61 bits per heavy atom. The summed E-state index contributed by atoms with van der Waals surface area (Å²) in [6.45, 7) is 12.8. The Balaban J connectivity index is 3.76. The minimum Gasteiger partial charge on any atom is -0.353 e. The monoisotopic (exact) mass is 258 g/mol. The van der Waals surface area contributed by atoms with E-state index in [1.54, 1.807) is 0 Å². The molecule has 0 aliphatic rings. The molecule has 2 nitrogen and oxygen atoms in total. The first-order chi connectivity index (χ1) is 8.56. The SMILES string of the molecule is CCCCCC(OCCC(C)C)OCCC(C)C. The minimum atomic E-state index is 0.0223. The zero-order valence-corrected chi connectivity index (χ0v) is 13.2. The molecule has 110 valence electrons. The molecule has 0 rings (SSSR count). The summed E-state index contributed by atoms with van der Waals surface area (Å²) in [5.74, 6) is 1.41. The summed E-state index contributed by atoms with van der Waals surface area (Å²) in [6.07, 6.45) is 7.06. The molecule has 0 unspecified atom stereocenters.